The Balaban J connectivity index is 0.000000167. The van der Waals surface area contributed by atoms with Gasteiger partial charge in [0, 0.05) is 28.5 Å². The van der Waals surface area contributed by atoms with E-state index in [9.17, 15) is 9.59 Å². The molecule has 1 unspecified atom stereocenters. The molecule has 4 aromatic heterocycles. The predicted molar refractivity (Wildman–Crippen MR) is 167 cm³/mol. The number of nitrogens with one attached hydrogen (secondary N) is 3. The molecule has 0 spiro atoms. The van der Waals surface area contributed by atoms with E-state index < -0.39 is 0 Å². The van der Waals surface area contributed by atoms with E-state index in [1.54, 1.807) is 62.1 Å². The van der Waals surface area contributed by atoms with Gasteiger partial charge in [-0.1, -0.05) is 0 Å². The molecule has 1 aliphatic rings. The summed E-state index contributed by atoms with van der Waals surface area (Å²) in [5.74, 6) is 1.07. The second-order valence-electron chi connectivity index (χ2n) is 10.2. The zero-order valence-electron chi connectivity index (χ0n) is 24.3. The number of carbonyl (C=O) groups excluding carboxylic acids is 2. The van der Waals surface area contributed by atoms with E-state index in [0.29, 0.717) is 28.5 Å². The number of hydrogen-bond donors (Lipinski definition) is 4. The van der Waals surface area contributed by atoms with Crippen LogP contribution in [0.3, 0.4) is 0 Å². The van der Waals surface area contributed by atoms with Crippen molar-refractivity contribution in [3.8, 4) is 11.5 Å². The lowest BCUT2D eigenvalue weighted by atomic mass is 10.1. The summed E-state index contributed by atoms with van der Waals surface area (Å²) in [6.07, 6.45) is 9.44. The SMILES string of the molecule is COc1ccc(NC(=O)c2ccc3c(cnn3C3CCCCO3)c2)nc1.O=C(Nc1ccc(O)cn1)c1ccc2[nH]ncc2c1. The van der Waals surface area contributed by atoms with E-state index >= 15 is 0 Å². The van der Waals surface area contributed by atoms with Gasteiger partial charge in [0.25, 0.3) is 11.8 Å². The molecule has 1 aliphatic heterocycles. The van der Waals surface area contributed by atoms with Crippen LogP contribution in [0.15, 0.2) is 85.5 Å². The second kappa shape index (κ2) is 13.2. The number of hydrogen-bond acceptors (Lipinski definition) is 9. The summed E-state index contributed by atoms with van der Waals surface area (Å²) in [6.45, 7) is 0.765. The summed E-state index contributed by atoms with van der Waals surface area (Å²) in [7, 11) is 1.57. The number of pyridine rings is 2. The van der Waals surface area contributed by atoms with Crippen LogP contribution >= 0.6 is 0 Å². The highest BCUT2D eigenvalue weighted by Crippen LogP contribution is 2.27. The summed E-state index contributed by atoms with van der Waals surface area (Å²) in [5.41, 5.74) is 2.92. The highest BCUT2D eigenvalue weighted by Gasteiger charge is 2.19. The van der Waals surface area contributed by atoms with E-state index in [0.717, 1.165) is 47.7 Å². The molecule has 0 radical (unpaired) electrons. The van der Waals surface area contributed by atoms with E-state index in [-0.39, 0.29) is 23.8 Å². The van der Waals surface area contributed by atoms with E-state index in [4.69, 9.17) is 14.6 Å². The summed E-state index contributed by atoms with van der Waals surface area (Å²) in [6, 6.07) is 17.2. The molecule has 228 valence electrons. The predicted octanol–water partition coefficient (Wildman–Crippen LogP) is 5.31. The average Bonchev–Trinajstić information content (AvgIpc) is 3.73. The number of benzene rings is 2. The van der Waals surface area contributed by atoms with Crippen molar-refractivity contribution in [3.63, 3.8) is 0 Å². The first-order chi connectivity index (χ1) is 22.0. The van der Waals surface area contributed by atoms with Gasteiger partial charge < -0.3 is 25.2 Å². The van der Waals surface area contributed by atoms with Crippen LogP contribution < -0.4 is 15.4 Å². The minimum Gasteiger partial charge on any atom is -0.506 e. The van der Waals surface area contributed by atoms with Crippen molar-refractivity contribution < 1.29 is 24.2 Å². The maximum Gasteiger partial charge on any atom is 0.256 e. The number of rotatable bonds is 6. The van der Waals surface area contributed by atoms with Crippen molar-refractivity contribution in [1.82, 2.24) is 29.9 Å². The van der Waals surface area contributed by atoms with Crippen LogP contribution in [-0.4, -0.2) is 60.6 Å². The number of anilines is 2. The Morgan fingerprint density at radius 1 is 0.889 bits per heavy atom. The standard InChI is InChI=1S/C19H20N4O3.C13H10N4O2/c1-25-15-6-8-17(20-12-15)22-19(24)13-5-7-16-14(10-13)11-21-23(16)18-4-2-3-9-26-18;18-10-2-4-12(14-7-10)16-13(19)8-1-3-11-9(5-8)6-15-17-11/h5-8,10-12,18H,2-4,9H2,1H3,(H,20,22,24);1-7,18H,(H,15,17)(H,14,16,19). The Labute approximate surface area is 257 Å². The molecule has 4 N–H and O–H groups in total. The third-order valence-electron chi connectivity index (χ3n) is 7.19. The van der Waals surface area contributed by atoms with Crippen LogP contribution in [-0.2, 0) is 4.74 Å². The second-order valence-corrected chi connectivity index (χ2v) is 10.2. The fourth-order valence-electron chi connectivity index (χ4n) is 4.84. The van der Waals surface area contributed by atoms with Gasteiger partial charge in [-0.25, -0.2) is 14.6 Å². The molecule has 1 fully saturated rings. The van der Waals surface area contributed by atoms with Gasteiger partial charge in [0.2, 0.25) is 0 Å². The number of aromatic amines is 1. The first-order valence-electron chi connectivity index (χ1n) is 14.3. The molecule has 13 nitrogen and oxygen atoms in total. The first kappa shape index (κ1) is 29.3. The summed E-state index contributed by atoms with van der Waals surface area (Å²) in [5, 5.41) is 27.5. The van der Waals surface area contributed by atoms with Crippen molar-refractivity contribution in [2.45, 2.75) is 25.5 Å². The third-order valence-corrected chi connectivity index (χ3v) is 7.19. The molecular weight excluding hydrogens is 576 g/mol. The number of ether oxygens (including phenoxy) is 2. The molecule has 0 saturated carbocycles. The molecule has 7 rings (SSSR count). The Bertz CT molecular complexity index is 1930. The number of nitrogens with zero attached hydrogens (tertiary/aromatic N) is 5. The fourth-order valence-corrected chi connectivity index (χ4v) is 4.84. The Morgan fingerprint density at radius 3 is 2.29 bits per heavy atom. The van der Waals surface area contributed by atoms with Gasteiger partial charge in [-0.05, 0) is 79.9 Å². The molecule has 13 heteroatoms. The third kappa shape index (κ3) is 6.89. The maximum atomic E-state index is 12.5. The lowest BCUT2D eigenvalue weighted by Gasteiger charge is -2.23. The van der Waals surface area contributed by atoms with Crippen molar-refractivity contribution in [1.29, 1.82) is 0 Å². The molecule has 6 aromatic rings. The zero-order chi connectivity index (χ0) is 31.2. The number of aromatic hydroxyl groups is 1. The minimum atomic E-state index is -0.263. The Morgan fingerprint density at radius 2 is 1.62 bits per heavy atom. The molecule has 1 saturated heterocycles. The number of fused-ring (bicyclic) bond motifs is 2. The molecule has 45 heavy (non-hydrogen) atoms. The van der Waals surface area contributed by atoms with Crippen LogP contribution in [0, 0.1) is 0 Å². The number of aromatic nitrogens is 6. The zero-order valence-corrected chi connectivity index (χ0v) is 24.3. The highest BCUT2D eigenvalue weighted by atomic mass is 16.5. The molecular formula is C32H30N8O5. The lowest BCUT2D eigenvalue weighted by Crippen LogP contribution is -2.19. The molecule has 2 amide bonds. The normalized spacial score (nSPS) is 14.4. The number of methoxy groups -OCH3 is 1. The molecule has 1 atom stereocenters. The van der Waals surface area contributed by atoms with Gasteiger partial charge >= 0.3 is 0 Å². The average molecular weight is 607 g/mol. The Kier molecular flexibility index (Phi) is 8.60. The van der Waals surface area contributed by atoms with E-state index in [2.05, 4.69) is 35.9 Å². The topological polar surface area (TPSA) is 169 Å². The summed E-state index contributed by atoms with van der Waals surface area (Å²) in [4.78, 5) is 32.6. The van der Waals surface area contributed by atoms with Gasteiger partial charge in [-0.15, -0.1) is 0 Å². The number of carbonyl (C=O) groups is 2. The molecule has 0 aliphatic carbocycles. The van der Waals surface area contributed by atoms with Gasteiger partial charge in [0.1, 0.15) is 23.1 Å². The van der Waals surface area contributed by atoms with Crippen molar-refractivity contribution in [3.05, 3.63) is 96.6 Å². The Hall–Kier alpha value is -5.82. The van der Waals surface area contributed by atoms with Crippen LogP contribution in [0.5, 0.6) is 11.5 Å². The monoisotopic (exact) mass is 606 g/mol. The van der Waals surface area contributed by atoms with Crippen molar-refractivity contribution in [2.24, 2.45) is 0 Å². The molecule has 5 heterocycles. The van der Waals surface area contributed by atoms with Crippen molar-refractivity contribution >= 4 is 45.3 Å². The number of H-pyrrole nitrogens is 1. The van der Waals surface area contributed by atoms with Crippen LogP contribution in [0.4, 0.5) is 11.6 Å². The van der Waals surface area contributed by atoms with Gasteiger partial charge in [0.05, 0.1) is 42.9 Å². The van der Waals surface area contributed by atoms with Crippen LogP contribution in [0.25, 0.3) is 21.8 Å². The quantitative estimate of drug-likeness (QED) is 0.196. The molecule has 0 bridgehead atoms. The number of amides is 2. The van der Waals surface area contributed by atoms with Gasteiger partial charge in [-0.3, -0.25) is 14.7 Å². The largest absolute Gasteiger partial charge is 0.506 e. The molecule has 2 aromatic carbocycles. The maximum absolute atomic E-state index is 12.5. The van der Waals surface area contributed by atoms with Gasteiger partial charge in [-0.2, -0.15) is 10.2 Å². The summed E-state index contributed by atoms with van der Waals surface area (Å²) < 4.78 is 12.8. The van der Waals surface area contributed by atoms with E-state index in [1.165, 1.54) is 18.3 Å². The first-order valence-corrected chi connectivity index (χ1v) is 14.3. The highest BCUT2D eigenvalue weighted by molar-refractivity contribution is 6.06. The smallest absolute Gasteiger partial charge is 0.256 e. The van der Waals surface area contributed by atoms with Gasteiger partial charge in [0.15, 0.2) is 6.23 Å². The fraction of sp³-hybridized carbons (Fsp3) is 0.188. The van der Waals surface area contributed by atoms with Crippen LogP contribution in [0.1, 0.15) is 46.2 Å². The van der Waals surface area contributed by atoms with Crippen LogP contribution in [0.2, 0.25) is 0 Å². The lowest BCUT2D eigenvalue weighted by molar-refractivity contribution is -0.0366. The summed E-state index contributed by atoms with van der Waals surface area (Å²) >= 11 is 0. The van der Waals surface area contributed by atoms with E-state index in [1.807, 2.05) is 16.8 Å². The van der Waals surface area contributed by atoms with Crippen molar-refractivity contribution in [2.75, 3.05) is 24.4 Å². The minimum absolute atomic E-state index is 0.0237.